The Morgan fingerprint density at radius 3 is 2.86 bits per heavy atom. The quantitative estimate of drug-likeness (QED) is 0.435. The first-order chi connectivity index (χ1) is 17.2. The zero-order chi connectivity index (χ0) is 25.4. The van der Waals surface area contributed by atoms with Crippen molar-refractivity contribution in [2.75, 3.05) is 13.3 Å². The molecule has 0 radical (unpaired) electrons. The van der Waals surface area contributed by atoms with Gasteiger partial charge in [0.15, 0.2) is 27.8 Å². The minimum atomic E-state index is -0.524. The van der Waals surface area contributed by atoms with Gasteiger partial charge in [-0.1, -0.05) is 11.8 Å². The maximum Gasteiger partial charge on any atom is 0.410 e. The van der Waals surface area contributed by atoms with E-state index >= 15 is 0 Å². The molecule has 2 aliphatic rings. The second-order valence-electron chi connectivity index (χ2n) is 9.88. The molecule has 2 aromatic heterocycles. The SMILES string of the molecule is CC(C)(C)OC(=O)N1CCCC[C@@H]1CCn1cnc(=N)c2[nH]c(Sc3cc4c(cc3Br)OCO4)nc21. The molecule has 36 heavy (non-hydrogen) atoms. The van der Waals surface area contributed by atoms with Crippen molar-refractivity contribution in [3.8, 4) is 11.5 Å². The van der Waals surface area contributed by atoms with E-state index in [9.17, 15) is 4.79 Å². The first kappa shape index (κ1) is 24.9. The number of halogens is 1. The van der Waals surface area contributed by atoms with Crippen LogP contribution in [0.1, 0.15) is 46.5 Å². The molecule has 12 heteroatoms. The first-order valence-corrected chi connectivity index (χ1v) is 13.6. The van der Waals surface area contributed by atoms with Gasteiger partial charge < -0.3 is 28.7 Å². The Labute approximate surface area is 221 Å². The zero-order valence-electron chi connectivity index (χ0n) is 20.5. The first-order valence-electron chi connectivity index (χ1n) is 11.9. The standard InChI is InChI=1S/C24H29BrN6O4S/c1-24(2,3)35-23(32)31-8-5-4-6-14(31)7-9-30-12-27-20(26)19-21(30)29-22(28-19)36-18-11-17-16(10-15(18)25)33-13-34-17/h10-12,14,26H,4-9,13H2,1-3H3,(H,28,29)/t14-/m1/s1. The average molecular weight is 578 g/mol. The van der Waals surface area contributed by atoms with Crippen molar-refractivity contribution < 1.29 is 19.0 Å². The molecule has 1 amide bonds. The lowest BCUT2D eigenvalue weighted by Crippen LogP contribution is -2.46. The summed E-state index contributed by atoms with van der Waals surface area (Å²) in [7, 11) is 0. The third-order valence-corrected chi connectivity index (χ3v) is 7.95. The van der Waals surface area contributed by atoms with Gasteiger partial charge in [-0.15, -0.1) is 0 Å². The number of carbonyl (C=O) groups excluding carboxylic acids is 1. The number of carbonyl (C=O) groups is 1. The number of likely N-dealkylation sites (tertiary alicyclic amines) is 1. The number of rotatable bonds is 5. The maximum atomic E-state index is 12.8. The second-order valence-corrected chi connectivity index (χ2v) is 11.8. The summed E-state index contributed by atoms with van der Waals surface area (Å²) in [6.07, 6.45) is 5.15. The van der Waals surface area contributed by atoms with E-state index in [1.165, 1.54) is 11.8 Å². The number of aromatic nitrogens is 4. The third-order valence-electron chi connectivity index (χ3n) is 6.09. The Kier molecular flexibility index (Phi) is 6.90. The van der Waals surface area contributed by atoms with Crippen LogP contribution in [0.25, 0.3) is 11.2 Å². The normalized spacial score (nSPS) is 17.6. The highest BCUT2D eigenvalue weighted by molar-refractivity contribution is 9.10. The van der Waals surface area contributed by atoms with Crippen molar-refractivity contribution in [2.45, 2.75) is 74.7 Å². The molecule has 1 saturated heterocycles. The Bertz CT molecular complexity index is 1350. The second kappa shape index (κ2) is 9.97. The lowest BCUT2D eigenvalue weighted by Gasteiger charge is -2.37. The molecule has 4 heterocycles. The van der Waals surface area contributed by atoms with Crippen LogP contribution >= 0.6 is 27.7 Å². The Balaban J connectivity index is 1.35. The number of hydrogen-bond acceptors (Lipinski definition) is 8. The summed E-state index contributed by atoms with van der Waals surface area (Å²) in [5.41, 5.74) is 0.848. The van der Waals surface area contributed by atoms with E-state index in [1.807, 2.05) is 42.4 Å². The van der Waals surface area contributed by atoms with Gasteiger partial charge in [0.05, 0.1) is 6.33 Å². The van der Waals surface area contributed by atoms with Crippen LogP contribution in [0.3, 0.4) is 0 Å². The van der Waals surface area contributed by atoms with Crippen molar-refractivity contribution in [3.63, 3.8) is 0 Å². The molecule has 0 saturated carbocycles. The van der Waals surface area contributed by atoms with E-state index in [4.69, 9.17) is 24.6 Å². The van der Waals surface area contributed by atoms with E-state index in [1.54, 1.807) is 6.33 Å². The lowest BCUT2D eigenvalue weighted by molar-refractivity contribution is 0.00840. The topological polar surface area (TPSA) is 118 Å². The molecule has 2 N–H and O–H groups in total. The smallest absolute Gasteiger partial charge is 0.410 e. The summed E-state index contributed by atoms with van der Waals surface area (Å²) in [5, 5.41) is 8.92. The minimum Gasteiger partial charge on any atom is -0.454 e. The Morgan fingerprint density at radius 1 is 1.31 bits per heavy atom. The molecule has 0 unspecified atom stereocenters. The number of aryl methyl sites for hydroxylation is 1. The molecule has 1 aromatic carbocycles. The Hall–Kier alpha value is -2.73. The van der Waals surface area contributed by atoms with Crippen LogP contribution in [0.2, 0.25) is 0 Å². The van der Waals surface area contributed by atoms with Crippen molar-refractivity contribution in [2.24, 2.45) is 0 Å². The van der Waals surface area contributed by atoms with Gasteiger partial charge in [0.25, 0.3) is 0 Å². The van der Waals surface area contributed by atoms with Gasteiger partial charge in [0, 0.05) is 28.5 Å². The number of nitrogens with one attached hydrogen (secondary N) is 2. The average Bonchev–Trinajstić information content (AvgIpc) is 3.45. The summed E-state index contributed by atoms with van der Waals surface area (Å²) >= 11 is 5.03. The van der Waals surface area contributed by atoms with E-state index in [-0.39, 0.29) is 24.4 Å². The summed E-state index contributed by atoms with van der Waals surface area (Å²) in [6, 6.07) is 3.88. The van der Waals surface area contributed by atoms with Gasteiger partial charge in [0.2, 0.25) is 6.79 Å². The van der Waals surface area contributed by atoms with Crippen LogP contribution in [-0.2, 0) is 11.3 Å². The van der Waals surface area contributed by atoms with E-state index < -0.39 is 5.60 Å². The highest BCUT2D eigenvalue weighted by Gasteiger charge is 2.30. The number of nitrogens with zero attached hydrogens (tertiary/aromatic N) is 4. The van der Waals surface area contributed by atoms with Gasteiger partial charge in [0.1, 0.15) is 11.1 Å². The van der Waals surface area contributed by atoms with E-state index in [2.05, 4.69) is 25.9 Å². The van der Waals surface area contributed by atoms with Gasteiger partial charge in [-0.2, -0.15) is 0 Å². The molecule has 192 valence electrons. The van der Waals surface area contributed by atoms with Crippen molar-refractivity contribution in [3.05, 3.63) is 28.4 Å². The maximum absolute atomic E-state index is 12.8. The number of piperidine rings is 1. The fraction of sp³-hybridized carbons (Fsp3) is 0.500. The number of H-pyrrole nitrogens is 1. The van der Waals surface area contributed by atoms with Gasteiger partial charge >= 0.3 is 6.09 Å². The van der Waals surface area contributed by atoms with E-state index in [0.717, 1.165) is 35.1 Å². The lowest BCUT2D eigenvalue weighted by atomic mass is 10.00. The van der Waals surface area contributed by atoms with Crippen molar-refractivity contribution in [1.29, 1.82) is 5.41 Å². The van der Waals surface area contributed by atoms with Gasteiger partial charge in [-0.05, 0) is 74.5 Å². The molecular formula is C24H29BrN6O4S. The summed E-state index contributed by atoms with van der Waals surface area (Å²) in [5.74, 6) is 1.39. The number of aromatic amines is 1. The predicted octanol–water partition coefficient (Wildman–Crippen LogP) is 5.06. The fourth-order valence-corrected chi connectivity index (χ4v) is 5.79. The van der Waals surface area contributed by atoms with Crippen molar-refractivity contribution >= 4 is 44.9 Å². The summed E-state index contributed by atoms with van der Waals surface area (Å²) in [6.45, 7) is 7.20. The Morgan fingerprint density at radius 2 is 2.08 bits per heavy atom. The monoisotopic (exact) mass is 576 g/mol. The molecule has 2 aliphatic heterocycles. The number of hydrogen-bond donors (Lipinski definition) is 2. The number of amides is 1. The molecule has 0 aliphatic carbocycles. The van der Waals surface area contributed by atoms with Crippen LogP contribution in [0.4, 0.5) is 4.79 Å². The third kappa shape index (κ3) is 5.34. The number of imidazole rings is 1. The molecule has 0 spiro atoms. The molecule has 5 rings (SSSR count). The summed E-state index contributed by atoms with van der Waals surface area (Å²) < 4.78 is 19.4. The van der Waals surface area contributed by atoms with Crippen LogP contribution in [-0.4, -0.2) is 55.5 Å². The van der Waals surface area contributed by atoms with Crippen LogP contribution in [0.15, 0.2) is 33.0 Å². The molecule has 3 aromatic rings. The predicted molar refractivity (Wildman–Crippen MR) is 137 cm³/mol. The molecule has 10 nitrogen and oxygen atoms in total. The number of fused-ring (bicyclic) bond motifs is 2. The molecule has 0 bridgehead atoms. The number of benzene rings is 1. The van der Waals surface area contributed by atoms with Gasteiger partial charge in [-0.3, -0.25) is 5.41 Å². The van der Waals surface area contributed by atoms with Crippen LogP contribution in [0, 0.1) is 5.41 Å². The molecule has 1 atom stereocenters. The highest BCUT2D eigenvalue weighted by atomic mass is 79.9. The van der Waals surface area contributed by atoms with Crippen LogP contribution < -0.4 is 15.0 Å². The molecule has 1 fully saturated rings. The van der Waals surface area contributed by atoms with Crippen LogP contribution in [0.5, 0.6) is 11.5 Å². The van der Waals surface area contributed by atoms with Gasteiger partial charge in [-0.25, -0.2) is 14.8 Å². The largest absolute Gasteiger partial charge is 0.454 e. The fourth-order valence-electron chi connectivity index (χ4n) is 4.41. The number of ether oxygens (including phenoxy) is 3. The summed E-state index contributed by atoms with van der Waals surface area (Å²) in [4.78, 5) is 27.8. The minimum absolute atomic E-state index is 0.0872. The van der Waals surface area contributed by atoms with Crippen molar-refractivity contribution in [1.82, 2.24) is 24.4 Å². The highest BCUT2D eigenvalue weighted by Crippen LogP contribution is 2.42. The van der Waals surface area contributed by atoms with E-state index in [0.29, 0.717) is 40.9 Å². The molecular weight excluding hydrogens is 548 g/mol. The zero-order valence-corrected chi connectivity index (χ0v) is 22.9.